The molecule has 1 heterocycles. The van der Waals surface area contributed by atoms with Gasteiger partial charge in [-0.05, 0) is 62.9 Å². The Balaban J connectivity index is 0.00000243. The fourth-order valence-electron chi connectivity index (χ4n) is 3.88. The van der Waals surface area contributed by atoms with Gasteiger partial charge in [0.25, 0.3) is 0 Å². The zero-order valence-corrected chi connectivity index (χ0v) is 16.3. The summed E-state index contributed by atoms with van der Waals surface area (Å²) in [4.78, 5) is 2.54. The minimum atomic E-state index is -0.394. The minimum absolute atomic E-state index is 0. The van der Waals surface area contributed by atoms with E-state index in [2.05, 4.69) is 65.6 Å². The molecule has 1 aliphatic heterocycles. The second-order valence-corrected chi connectivity index (χ2v) is 7.20. The third kappa shape index (κ3) is 5.34. The Morgan fingerprint density at radius 2 is 1.46 bits per heavy atom. The maximum Gasteiger partial charge on any atom is 0.0837 e. The summed E-state index contributed by atoms with van der Waals surface area (Å²) >= 11 is 0. The first kappa shape index (κ1) is 20.5. The van der Waals surface area contributed by atoms with Crippen molar-refractivity contribution in [2.45, 2.75) is 43.9 Å². The molecule has 26 heavy (non-hydrogen) atoms. The van der Waals surface area contributed by atoms with Crippen LogP contribution in [-0.4, -0.2) is 24.5 Å². The van der Waals surface area contributed by atoms with Crippen LogP contribution in [0.2, 0.25) is 0 Å². The van der Waals surface area contributed by atoms with Crippen LogP contribution < -0.4 is 0 Å². The van der Waals surface area contributed by atoms with E-state index in [9.17, 15) is 5.26 Å². The Morgan fingerprint density at radius 1 is 0.846 bits per heavy atom. The fraction of sp³-hybridized carbons (Fsp3) is 0.435. The Hall–Kier alpha value is -1.82. The number of rotatable bonds is 7. The lowest BCUT2D eigenvalue weighted by Crippen LogP contribution is -2.36. The van der Waals surface area contributed by atoms with Gasteiger partial charge in [-0.2, -0.15) is 5.26 Å². The number of likely N-dealkylation sites (tertiary alicyclic amines) is 1. The van der Waals surface area contributed by atoms with E-state index in [1.807, 2.05) is 6.07 Å². The molecule has 0 saturated carbocycles. The summed E-state index contributed by atoms with van der Waals surface area (Å²) in [6.07, 6.45) is 6.70. The van der Waals surface area contributed by atoms with Crippen LogP contribution in [0.15, 0.2) is 60.7 Å². The number of nitrogens with zero attached hydrogens (tertiary/aromatic N) is 2. The van der Waals surface area contributed by atoms with Gasteiger partial charge in [0.15, 0.2) is 0 Å². The highest BCUT2D eigenvalue weighted by molar-refractivity contribution is 5.85. The van der Waals surface area contributed by atoms with E-state index in [0.29, 0.717) is 0 Å². The lowest BCUT2D eigenvalue weighted by atomic mass is 9.74. The Labute approximate surface area is 164 Å². The maximum absolute atomic E-state index is 10.2. The van der Waals surface area contributed by atoms with E-state index in [1.54, 1.807) is 0 Å². The molecule has 0 N–H and O–H groups in total. The molecule has 1 aliphatic rings. The molecule has 0 radical (unpaired) electrons. The molecule has 1 unspecified atom stereocenters. The fourth-order valence-corrected chi connectivity index (χ4v) is 3.88. The van der Waals surface area contributed by atoms with E-state index in [-0.39, 0.29) is 12.4 Å². The first-order valence-corrected chi connectivity index (χ1v) is 9.55. The smallest absolute Gasteiger partial charge is 0.0837 e. The largest absolute Gasteiger partial charge is 0.303 e. The van der Waals surface area contributed by atoms with Crippen LogP contribution in [-0.2, 0) is 11.8 Å². The van der Waals surface area contributed by atoms with Gasteiger partial charge in [0.1, 0.15) is 0 Å². The third-order valence-corrected chi connectivity index (χ3v) is 5.53. The van der Waals surface area contributed by atoms with Crippen LogP contribution in [0.3, 0.4) is 0 Å². The van der Waals surface area contributed by atoms with E-state index in [4.69, 9.17) is 0 Å². The topological polar surface area (TPSA) is 27.0 Å². The SMILES string of the molecule is Cl.N#CC(CCc1ccccc1)(CCN1CCCCC1)c1ccccc1. The Bertz CT molecular complexity index is 674. The molecule has 1 atom stereocenters. The van der Waals surface area contributed by atoms with Crippen molar-refractivity contribution in [1.29, 1.82) is 5.26 Å². The van der Waals surface area contributed by atoms with Crippen molar-refractivity contribution in [3.05, 3.63) is 71.8 Å². The highest BCUT2D eigenvalue weighted by atomic mass is 35.5. The highest BCUT2D eigenvalue weighted by Crippen LogP contribution is 2.33. The number of nitriles is 1. The molecule has 2 nitrogen and oxygen atoms in total. The van der Waals surface area contributed by atoms with E-state index < -0.39 is 5.41 Å². The summed E-state index contributed by atoms with van der Waals surface area (Å²) in [5.74, 6) is 0. The van der Waals surface area contributed by atoms with Crippen LogP contribution >= 0.6 is 12.4 Å². The quantitative estimate of drug-likeness (QED) is 0.656. The number of halogens is 1. The van der Waals surface area contributed by atoms with Gasteiger partial charge in [-0.25, -0.2) is 0 Å². The van der Waals surface area contributed by atoms with Crippen LogP contribution in [0.4, 0.5) is 0 Å². The predicted octanol–water partition coefficient (Wildman–Crippen LogP) is 5.38. The standard InChI is InChI=1S/C23H28N2.ClH/c24-20-23(22-12-6-2-7-13-22,15-14-21-10-4-1-5-11-21)16-19-25-17-8-3-9-18-25;/h1-2,4-7,10-13H,3,8-9,14-19H2;1H. The Kier molecular flexibility index (Phi) is 8.16. The number of benzene rings is 2. The second-order valence-electron chi connectivity index (χ2n) is 7.20. The molecule has 138 valence electrons. The molecule has 0 bridgehead atoms. The van der Waals surface area contributed by atoms with Gasteiger partial charge >= 0.3 is 0 Å². The molecule has 1 fully saturated rings. The summed E-state index contributed by atoms with van der Waals surface area (Å²) in [5, 5.41) is 10.2. The lowest BCUT2D eigenvalue weighted by molar-refractivity contribution is 0.211. The van der Waals surface area contributed by atoms with Gasteiger partial charge < -0.3 is 4.90 Å². The van der Waals surface area contributed by atoms with Crippen molar-refractivity contribution < 1.29 is 0 Å². The van der Waals surface area contributed by atoms with Crippen molar-refractivity contribution in [1.82, 2.24) is 4.90 Å². The van der Waals surface area contributed by atoms with Crippen molar-refractivity contribution in [3.63, 3.8) is 0 Å². The molecule has 3 heteroatoms. The summed E-state index contributed by atoms with van der Waals surface area (Å²) in [6.45, 7) is 3.40. The zero-order valence-electron chi connectivity index (χ0n) is 15.4. The van der Waals surface area contributed by atoms with Crippen LogP contribution in [0.1, 0.15) is 43.2 Å². The van der Waals surface area contributed by atoms with Crippen LogP contribution in [0, 0.1) is 11.3 Å². The number of hydrogen-bond acceptors (Lipinski definition) is 2. The predicted molar refractivity (Wildman–Crippen MR) is 111 cm³/mol. The highest BCUT2D eigenvalue weighted by Gasteiger charge is 2.32. The van der Waals surface area contributed by atoms with Crippen molar-refractivity contribution in [2.75, 3.05) is 19.6 Å². The van der Waals surface area contributed by atoms with Gasteiger partial charge in [0, 0.05) is 0 Å². The zero-order chi connectivity index (χ0) is 17.4. The number of hydrogen-bond donors (Lipinski definition) is 0. The summed E-state index contributed by atoms with van der Waals surface area (Å²) in [5.41, 5.74) is 2.09. The molecule has 3 rings (SSSR count). The van der Waals surface area contributed by atoms with Gasteiger partial charge in [-0.15, -0.1) is 12.4 Å². The van der Waals surface area contributed by atoms with Crippen LogP contribution in [0.25, 0.3) is 0 Å². The van der Waals surface area contributed by atoms with Gasteiger partial charge in [0.05, 0.1) is 11.5 Å². The van der Waals surface area contributed by atoms with Crippen molar-refractivity contribution in [3.8, 4) is 6.07 Å². The van der Waals surface area contributed by atoms with E-state index >= 15 is 0 Å². The Morgan fingerprint density at radius 3 is 2.08 bits per heavy atom. The normalized spacial score (nSPS) is 16.9. The molecule has 2 aromatic carbocycles. The van der Waals surface area contributed by atoms with Crippen LogP contribution in [0.5, 0.6) is 0 Å². The average molecular weight is 369 g/mol. The van der Waals surface area contributed by atoms with Gasteiger partial charge in [-0.3, -0.25) is 0 Å². The van der Waals surface area contributed by atoms with Crippen molar-refractivity contribution >= 4 is 12.4 Å². The number of piperidine rings is 1. The summed E-state index contributed by atoms with van der Waals surface area (Å²) in [7, 11) is 0. The monoisotopic (exact) mass is 368 g/mol. The third-order valence-electron chi connectivity index (χ3n) is 5.53. The lowest BCUT2D eigenvalue weighted by Gasteiger charge is -2.32. The average Bonchev–Trinajstić information content (AvgIpc) is 2.71. The first-order chi connectivity index (χ1) is 12.3. The molecular weight excluding hydrogens is 340 g/mol. The maximum atomic E-state index is 10.2. The summed E-state index contributed by atoms with van der Waals surface area (Å²) in [6, 6.07) is 23.7. The molecule has 0 amide bonds. The molecule has 1 saturated heterocycles. The number of aryl methyl sites for hydroxylation is 1. The molecule has 0 aromatic heterocycles. The molecular formula is C23H29ClN2. The van der Waals surface area contributed by atoms with Gasteiger partial charge in [-0.1, -0.05) is 67.1 Å². The summed E-state index contributed by atoms with van der Waals surface area (Å²) < 4.78 is 0. The van der Waals surface area contributed by atoms with E-state index in [0.717, 1.165) is 25.8 Å². The minimum Gasteiger partial charge on any atom is -0.303 e. The molecule has 2 aromatic rings. The van der Waals surface area contributed by atoms with Crippen molar-refractivity contribution in [2.24, 2.45) is 0 Å². The van der Waals surface area contributed by atoms with E-state index in [1.165, 1.54) is 43.5 Å². The van der Waals surface area contributed by atoms with Gasteiger partial charge in [0.2, 0.25) is 0 Å². The molecule has 0 aliphatic carbocycles. The second kappa shape index (κ2) is 10.4. The molecule has 0 spiro atoms. The first-order valence-electron chi connectivity index (χ1n) is 9.55.